The van der Waals surface area contributed by atoms with Gasteiger partial charge in [0.25, 0.3) is 0 Å². The third-order valence-electron chi connectivity index (χ3n) is 1.74. The van der Waals surface area contributed by atoms with Crippen molar-refractivity contribution in [2.45, 2.75) is 11.8 Å². The molecule has 0 radical (unpaired) electrons. The van der Waals surface area contributed by atoms with Crippen LogP contribution in [0.5, 0.6) is 5.75 Å². The molecule has 0 aliphatic rings. The zero-order valence-corrected chi connectivity index (χ0v) is 8.74. The second kappa shape index (κ2) is 5.90. The van der Waals surface area contributed by atoms with Gasteiger partial charge in [0.05, 0.1) is 18.6 Å². The van der Waals surface area contributed by atoms with Crippen LogP contribution in [0.2, 0.25) is 0 Å². The molecule has 76 valence electrons. The van der Waals surface area contributed by atoms with Gasteiger partial charge in [-0.1, -0.05) is 12.1 Å². The summed E-state index contributed by atoms with van der Waals surface area (Å²) in [6.07, 6.45) is 0.386. The number of nitriles is 2. The van der Waals surface area contributed by atoms with E-state index in [1.54, 1.807) is 12.1 Å². The van der Waals surface area contributed by atoms with E-state index in [0.29, 0.717) is 12.2 Å². The van der Waals surface area contributed by atoms with E-state index in [9.17, 15) is 0 Å². The quantitative estimate of drug-likeness (QED) is 0.732. The van der Waals surface area contributed by atoms with Crippen LogP contribution in [0.4, 0.5) is 0 Å². The number of rotatable bonds is 4. The third kappa shape index (κ3) is 3.89. The average Bonchev–Trinajstić information content (AvgIpc) is 2.28. The molecule has 0 aliphatic heterocycles. The minimum absolute atomic E-state index is 0.162. The van der Waals surface area contributed by atoms with Gasteiger partial charge in [-0.15, -0.1) is 11.6 Å². The van der Waals surface area contributed by atoms with Crippen LogP contribution >= 0.6 is 11.6 Å². The molecule has 1 aromatic carbocycles. The zero-order valence-electron chi connectivity index (χ0n) is 7.98. The summed E-state index contributed by atoms with van der Waals surface area (Å²) < 4.78 is 5.25. The molecular weight excluding hydrogens is 212 g/mol. The fourth-order valence-electron chi connectivity index (χ4n) is 1.00. The third-order valence-corrected chi connectivity index (χ3v) is 1.97. The molecule has 0 bridgehead atoms. The molecule has 15 heavy (non-hydrogen) atoms. The Morgan fingerprint density at radius 3 is 2.47 bits per heavy atom. The molecule has 3 nitrogen and oxygen atoms in total. The summed E-state index contributed by atoms with van der Waals surface area (Å²) in [4.78, 5) is 0. The predicted octanol–water partition coefficient (Wildman–Crippen LogP) is 2.26. The molecule has 1 atom stereocenters. The summed E-state index contributed by atoms with van der Waals surface area (Å²) in [6.45, 7) is 0.162. The van der Waals surface area contributed by atoms with Crippen LogP contribution in [0.25, 0.3) is 0 Å². The van der Waals surface area contributed by atoms with Crippen LogP contribution in [0, 0.1) is 22.7 Å². The van der Waals surface area contributed by atoms with Gasteiger partial charge in [0.15, 0.2) is 5.38 Å². The van der Waals surface area contributed by atoms with Gasteiger partial charge in [-0.05, 0) is 17.7 Å². The Morgan fingerprint density at radius 1 is 1.27 bits per heavy atom. The number of alkyl halides is 1. The van der Waals surface area contributed by atoms with Crippen molar-refractivity contribution in [2.24, 2.45) is 0 Å². The average molecular weight is 221 g/mol. The number of benzene rings is 1. The Hall–Kier alpha value is -1.71. The van der Waals surface area contributed by atoms with Crippen LogP contribution in [-0.2, 0) is 6.42 Å². The van der Waals surface area contributed by atoms with Gasteiger partial charge in [0.1, 0.15) is 12.4 Å². The summed E-state index contributed by atoms with van der Waals surface area (Å²) in [5.74, 6) is 0.651. The van der Waals surface area contributed by atoms with Crippen LogP contribution in [0.15, 0.2) is 24.3 Å². The minimum Gasteiger partial charge on any atom is -0.491 e. The number of ether oxygens (including phenoxy) is 1. The van der Waals surface area contributed by atoms with Crippen molar-refractivity contribution in [1.29, 1.82) is 10.5 Å². The monoisotopic (exact) mass is 220 g/mol. The highest BCUT2D eigenvalue weighted by molar-refractivity contribution is 6.22. The Kier molecular flexibility index (Phi) is 4.47. The maximum absolute atomic E-state index is 8.46. The van der Waals surface area contributed by atoms with Gasteiger partial charge in [0.2, 0.25) is 0 Å². The largest absolute Gasteiger partial charge is 0.491 e. The molecule has 1 aromatic rings. The lowest BCUT2D eigenvalue weighted by molar-refractivity contribution is 0.329. The van der Waals surface area contributed by atoms with Crippen molar-refractivity contribution >= 4 is 11.6 Å². The zero-order chi connectivity index (χ0) is 11.1. The van der Waals surface area contributed by atoms with Gasteiger partial charge in [-0.25, -0.2) is 0 Å². The van der Waals surface area contributed by atoms with Crippen molar-refractivity contribution in [1.82, 2.24) is 0 Å². The highest BCUT2D eigenvalue weighted by atomic mass is 35.5. The van der Waals surface area contributed by atoms with Crippen molar-refractivity contribution in [3.63, 3.8) is 0 Å². The lowest BCUT2D eigenvalue weighted by Crippen LogP contribution is -2.08. The first kappa shape index (κ1) is 11.4. The molecule has 1 rings (SSSR count). The molecule has 0 aliphatic carbocycles. The molecule has 0 amide bonds. The summed E-state index contributed by atoms with van der Waals surface area (Å²) in [7, 11) is 0. The van der Waals surface area contributed by atoms with Crippen LogP contribution in [0.1, 0.15) is 5.56 Å². The van der Waals surface area contributed by atoms with Crippen molar-refractivity contribution in [2.75, 3.05) is 6.61 Å². The Labute approximate surface area is 93.5 Å². The van der Waals surface area contributed by atoms with Crippen molar-refractivity contribution in [3.8, 4) is 17.9 Å². The summed E-state index contributed by atoms with van der Waals surface area (Å²) in [5, 5.41) is 16.3. The maximum atomic E-state index is 8.46. The van der Waals surface area contributed by atoms with Gasteiger partial charge in [0, 0.05) is 0 Å². The van der Waals surface area contributed by atoms with Gasteiger partial charge in [-0.3, -0.25) is 0 Å². The summed E-state index contributed by atoms with van der Waals surface area (Å²) in [5.41, 5.74) is 0.938. The van der Waals surface area contributed by atoms with E-state index in [1.807, 2.05) is 18.2 Å². The van der Waals surface area contributed by atoms with Gasteiger partial charge < -0.3 is 4.74 Å². The van der Waals surface area contributed by atoms with Crippen LogP contribution in [-0.4, -0.2) is 12.0 Å². The molecule has 0 aromatic heterocycles. The molecule has 0 N–H and O–H groups in total. The first-order chi connectivity index (χ1) is 7.26. The van der Waals surface area contributed by atoms with Crippen LogP contribution < -0.4 is 4.74 Å². The highest BCUT2D eigenvalue weighted by Gasteiger charge is 2.02. The summed E-state index contributed by atoms with van der Waals surface area (Å²) in [6, 6.07) is 11.1. The molecule has 0 saturated heterocycles. The summed E-state index contributed by atoms with van der Waals surface area (Å²) >= 11 is 5.57. The van der Waals surface area contributed by atoms with E-state index < -0.39 is 5.38 Å². The second-order valence-electron chi connectivity index (χ2n) is 2.89. The van der Waals surface area contributed by atoms with E-state index in [4.69, 9.17) is 26.9 Å². The maximum Gasteiger partial charge on any atom is 0.154 e. The fraction of sp³-hybridized carbons (Fsp3) is 0.273. The first-order valence-corrected chi connectivity index (χ1v) is 4.82. The fourth-order valence-corrected chi connectivity index (χ4v) is 1.06. The Balaban J connectivity index is 2.51. The molecule has 4 heteroatoms. The molecule has 0 spiro atoms. The molecule has 0 heterocycles. The number of hydrogen-bond acceptors (Lipinski definition) is 3. The van der Waals surface area contributed by atoms with Gasteiger partial charge in [-0.2, -0.15) is 10.5 Å². The van der Waals surface area contributed by atoms with Crippen molar-refractivity contribution < 1.29 is 4.74 Å². The molecular formula is C11H9ClN2O. The number of nitrogens with zero attached hydrogens (tertiary/aromatic N) is 2. The van der Waals surface area contributed by atoms with E-state index in [-0.39, 0.29) is 6.61 Å². The SMILES string of the molecule is N#CCc1ccc(OCC(Cl)C#N)cc1. The normalized spacial score (nSPS) is 11.1. The van der Waals surface area contributed by atoms with E-state index >= 15 is 0 Å². The van der Waals surface area contributed by atoms with Gasteiger partial charge >= 0.3 is 0 Å². The van der Waals surface area contributed by atoms with E-state index in [2.05, 4.69) is 6.07 Å². The molecule has 0 saturated carbocycles. The second-order valence-corrected chi connectivity index (χ2v) is 3.41. The highest BCUT2D eigenvalue weighted by Crippen LogP contribution is 2.13. The predicted molar refractivity (Wildman–Crippen MR) is 56.5 cm³/mol. The molecule has 1 unspecified atom stereocenters. The smallest absolute Gasteiger partial charge is 0.154 e. The topological polar surface area (TPSA) is 56.8 Å². The standard InChI is InChI=1S/C11H9ClN2O/c12-10(7-14)8-15-11-3-1-9(2-4-11)5-6-13/h1-4,10H,5,8H2. The number of halogens is 1. The van der Waals surface area contributed by atoms with E-state index in [1.165, 1.54) is 0 Å². The first-order valence-electron chi connectivity index (χ1n) is 4.38. The van der Waals surface area contributed by atoms with Crippen molar-refractivity contribution in [3.05, 3.63) is 29.8 Å². The molecule has 0 fully saturated rings. The minimum atomic E-state index is -0.635. The van der Waals surface area contributed by atoms with E-state index in [0.717, 1.165) is 5.56 Å². The lowest BCUT2D eigenvalue weighted by atomic mass is 10.2. The number of hydrogen-bond donors (Lipinski definition) is 0. The Bertz CT molecular complexity index is 389. The Morgan fingerprint density at radius 2 is 1.93 bits per heavy atom. The van der Waals surface area contributed by atoms with Crippen LogP contribution in [0.3, 0.4) is 0 Å². The lowest BCUT2D eigenvalue weighted by Gasteiger charge is -2.06.